The van der Waals surface area contributed by atoms with Crippen molar-refractivity contribution in [2.24, 2.45) is 4.99 Å². The van der Waals surface area contributed by atoms with Crippen LogP contribution in [0.2, 0.25) is 0 Å². The number of rotatable bonds is 9. The molecule has 1 aromatic rings. The Bertz CT molecular complexity index is 612. The van der Waals surface area contributed by atoms with Crippen molar-refractivity contribution in [3.8, 4) is 0 Å². The van der Waals surface area contributed by atoms with Crippen molar-refractivity contribution in [1.82, 2.24) is 15.5 Å². The average molecular weight is 407 g/mol. The number of benzene rings is 1. The minimum Gasteiger partial charge on any atom is -0.377 e. The van der Waals surface area contributed by atoms with E-state index in [4.69, 9.17) is 9.47 Å². The fourth-order valence-electron chi connectivity index (χ4n) is 3.81. The third kappa shape index (κ3) is 7.91. The lowest BCUT2D eigenvalue weighted by molar-refractivity contribution is 0.0200. The van der Waals surface area contributed by atoms with Gasteiger partial charge in [0.1, 0.15) is 5.82 Å². The van der Waals surface area contributed by atoms with Crippen LogP contribution in [0.1, 0.15) is 38.2 Å². The van der Waals surface area contributed by atoms with Crippen LogP contribution in [0.25, 0.3) is 0 Å². The van der Waals surface area contributed by atoms with Crippen LogP contribution in [-0.2, 0) is 16.0 Å². The van der Waals surface area contributed by atoms with Gasteiger partial charge < -0.3 is 20.1 Å². The molecule has 29 heavy (non-hydrogen) atoms. The summed E-state index contributed by atoms with van der Waals surface area (Å²) in [6.07, 6.45) is 4.66. The van der Waals surface area contributed by atoms with E-state index in [9.17, 15) is 4.39 Å². The zero-order valence-electron chi connectivity index (χ0n) is 17.5. The Labute approximate surface area is 173 Å². The number of nitrogens with zero attached hydrogens (tertiary/aromatic N) is 2. The molecular formula is C22H35FN4O2. The number of piperidine rings is 1. The smallest absolute Gasteiger partial charge is 0.191 e. The number of halogens is 1. The van der Waals surface area contributed by atoms with Gasteiger partial charge in [-0.05, 0) is 50.3 Å². The monoisotopic (exact) mass is 406 g/mol. The summed E-state index contributed by atoms with van der Waals surface area (Å²) in [7, 11) is 0. The number of hydrogen-bond acceptors (Lipinski definition) is 4. The van der Waals surface area contributed by atoms with Crippen LogP contribution in [0.5, 0.6) is 0 Å². The molecule has 2 N–H and O–H groups in total. The van der Waals surface area contributed by atoms with Crippen LogP contribution in [0.4, 0.5) is 4.39 Å². The van der Waals surface area contributed by atoms with Gasteiger partial charge in [0.25, 0.3) is 0 Å². The number of guanidine groups is 1. The van der Waals surface area contributed by atoms with Crippen molar-refractivity contribution >= 4 is 5.96 Å². The van der Waals surface area contributed by atoms with Gasteiger partial charge in [0, 0.05) is 38.8 Å². The standard InChI is InChI=1S/C22H35FN4O2/c1-2-24-22(25-11-15-28-17-21-4-3-14-29-21)26-20-9-12-27(13-10-20)16-18-5-7-19(23)8-6-18/h5-8,20-21H,2-4,9-17H2,1H3,(H2,24,25,26). The number of nitrogens with one attached hydrogen (secondary N) is 2. The van der Waals surface area contributed by atoms with E-state index in [1.54, 1.807) is 0 Å². The minimum atomic E-state index is -0.177. The van der Waals surface area contributed by atoms with Crippen molar-refractivity contribution in [2.75, 3.05) is 46.0 Å². The molecule has 6 nitrogen and oxygen atoms in total. The number of likely N-dealkylation sites (tertiary alicyclic amines) is 1. The van der Waals surface area contributed by atoms with Gasteiger partial charge in [-0.3, -0.25) is 9.89 Å². The van der Waals surface area contributed by atoms with Gasteiger partial charge in [-0.25, -0.2) is 4.39 Å². The van der Waals surface area contributed by atoms with Crippen LogP contribution < -0.4 is 10.6 Å². The van der Waals surface area contributed by atoms with Crippen molar-refractivity contribution in [3.05, 3.63) is 35.6 Å². The van der Waals surface area contributed by atoms with Gasteiger partial charge in [-0.15, -0.1) is 0 Å². The van der Waals surface area contributed by atoms with Gasteiger partial charge >= 0.3 is 0 Å². The van der Waals surface area contributed by atoms with Crippen LogP contribution in [-0.4, -0.2) is 69.0 Å². The van der Waals surface area contributed by atoms with Crippen molar-refractivity contribution < 1.29 is 13.9 Å². The lowest BCUT2D eigenvalue weighted by Crippen LogP contribution is -2.48. The summed E-state index contributed by atoms with van der Waals surface area (Å²) in [6.45, 7) is 8.65. The highest BCUT2D eigenvalue weighted by Crippen LogP contribution is 2.14. The molecule has 162 valence electrons. The fourth-order valence-corrected chi connectivity index (χ4v) is 3.81. The second-order valence-corrected chi connectivity index (χ2v) is 7.79. The summed E-state index contributed by atoms with van der Waals surface area (Å²) in [5, 5.41) is 6.89. The highest BCUT2D eigenvalue weighted by Gasteiger charge is 2.20. The van der Waals surface area contributed by atoms with Gasteiger partial charge in [-0.2, -0.15) is 0 Å². The topological polar surface area (TPSA) is 58.1 Å². The van der Waals surface area contributed by atoms with Crippen LogP contribution in [0.15, 0.2) is 29.3 Å². The molecule has 7 heteroatoms. The van der Waals surface area contributed by atoms with E-state index >= 15 is 0 Å². The Balaban J connectivity index is 1.35. The van der Waals surface area contributed by atoms with E-state index in [1.807, 2.05) is 12.1 Å². The molecule has 0 bridgehead atoms. The first kappa shape index (κ1) is 22.0. The molecule has 0 radical (unpaired) electrons. The summed E-state index contributed by atoms with van der Waals surface area (Å²) < 4.78 is 24.3. The fraction of sp³-hybridized carbons (Fsp3) is 0.682. The molecule has 0 amide bonds. The van der Waals surface area contributed by atoms with E-state index in [-0.39, 0.29) is 11.9 Å². The SMILES string of the molecule is CCNC(=NCCOCC1CCCO1)NC1CCN(Cc2ccc(F)cc2)CC1. The molecule has 2 aliphatic rings. The Morgan fingerprint density at radius 3 is 2.72 bits per heavy atom. The summed E-state index contributed by atoms with van der Waals surface area (Å²) in [5.41, 5.74) is 1.16. The first-order chi connectivity index (χ1) is 14.2. The van der Waals surface area contributed by atoms with Crippen LogP contribution >= 0.6 is 0 Å². The van der Waals surface area contributed by atoms with Gasteiger partial charge in [0.15, 0.2) is 5.96 Å². The quantitative estimate of drug-likeness (QED) is 0.375. The maximum atomic E-state index is 13.1. The Kier molecular flexibility index (Phi) is 9.18. The Morgan fingerprint density at radius 1 is 1.24 bits per heavy atom. The number of hydrogen-bond donors (Lipinski definition) is 2. The lowest BCUT2D eigenvalue weighted by Gasteiger charge is -2.33. The molecule has 1 aromatic carbocycles. The molecule has 2 aliphatic heterocycles. The molecule has 2 fully saturated rings. The number of aliphatic imine (C=N–C) groups is 1. The molecular weight excluding hydrogens is 371 g/mol. The molecule has 2 heterocycles. The third-order valence-corrected chi connectivity index (χ3v) is 5.43. The zero-order valence-corrected chi connectivity index (χ0v) is 17.5. The first-order valence-corrected chi connectivity index (χ1v) is 10.9. The van der Waals surface area contributed by atoms with Gasteiger partial charge in [-0.1, -0.05) is 12.1 Å². The number of ether oxygens (including phenoxy) is 2. The van der Waals surface area contributed by atoms with E-state index in [1.165, 1.54) is 12.1 Å². The highest BCUT2D eigenvalue weighted by molar-refractivity contribution is 5.80. The second-order valence-electron chi connectivity index (χ2n) is 7.79. The largest absolute Gasteiger partial charge is 0.377 e. The third-order valence-electron chi connectivity index (χ3n) is 5.43. The van der Waals surface area contributed by atoms with E-state index in [2.05, 4.69) is 27.4 Å². The first-order valence-electron chi connectivity index (χ1n) is 10.9. The lowest BCUT2D eigenvalue weighted by atomic mass is 10.0. The summed E-state index contributed by atoms with van der Waals surface area (Å²) in [6, 6.07) is 7.23. The zero-order chi connectivity index (χ0) is 20.3. The molecule has 0 aromatic heterocycles. The van der Waals surface area contributed by atoms with Gasteiger partial charge in [0.05, 0.1) is 25.9 Å². The molecule has 0 aliphatic carbocycles. The second kappa shape index (κ2) is 12.1. The van der Waals surface area contributed by atoms with Crippen LogP contribution in [0, 0.1) is 5.82 Å². The average Bonchev–Trinajstić information content (AvgIpc) is 3.24. The minimum absolute atomic E-state index is 0.177. The normalized spacial score (nSPS) is 21.4. The van der Waals surface area contributed by atoms with Crippen LogP contribution in [0.3, 0.4) is 0 Å². The molecule has 0 saturated carbocycles. The molecule has 3 rings (SSSR count). The molecule has 2 saturated heterocycles. The summed E-state index contributed by atoms with van der Waals surface area (Å²) in [5.74, 6) is 0.689. The van der Waals surface area contributed by atoms with Crippen molar-refractivity contribution in [1.29, 1.82) is 0 Å². The van der Waals surface area contributed by atoms with E-state index in [0.29, 0.717) is 25.8 Å². The maximum Gasteiger partial charge on any atom is 0.191 e. The van der Waals surface area contributed by atoms with Crippen molar-refractivity contribution in [2.45, 2.75) is 51.3 Å². The molecule has 1 atom stereocenters. The Morgan fingerprint density at radius 2 is 2.03 bits per heavy atom. The predicted octanol–water partition coefficient (Wildman–Crippen LogP) is 2.54. The molecule has 1 unspecified atom stereocenters. The molecule has 0 spiro atoms. The Hall–Kier alpha value is -1.70. The maximum absolute atomic E-state index is 13.1. The van der Waals surface area contributed by atoms with E-state index < -0.39 is 0 Å². The summed E-state index contributed by atoms with van der Waals surface area (Å²) in [4.78, 5) is 7.07. The van der Waals surface area contributed by atoms with E-state index in [0.717, 1.165) is 70.0 Å². The highest BCUT2D eigenvalue weighted by atomic mass is 19.1. The van der Waals surface area contributed by atoms with Crippen molar-refractivity contribution in [3.63, 3.8) is 0 Å². The summed E-state index contributed by atoms with van der Waals surface area (Å²) >= 11 is 0. The predicted molar refractivity (Wildman–Crippen MR) is 114 cm³/mol. The van der Waals surface area contributed by atoms with Gasteiger partial charge in [0.2, 0.25) is 0 Å².